The topological polar surface area (TPSA) is 48.1 Å². The molecule has 106 valence electrons. The third kappa shape index (κ3) is 2.61. The summed E-state index contributed by atoms with van der Waals surface area (Å²) in [6.45, 7) is 0.572. The van der Waals surface area contributed by atoms with Gasteiger partial charge in [-0.15, -0.1) is 0 Å². The van der Waals surface area contributed by atoms with E-state index in [0.717, 1.165) is 20.9 Å². The average Bonchev–Trinajstić information content (AvgIpc) is 2.85. The van der Waals surface area contributed by atoms with Gasteiger partial charge in [0.2, 0.25) is 0 Å². The van der Waals surface area contributed by atoms with Crippen LogP contribution in [0.1, 0.15) is 5.56 Å². The number of halogens is 2. The lowest BCUT2D eigenvalue weighted by atomic mass is 10.2. The Bertz CT molecular complexity index is 843. The van der Waals surface area contributed by atoms with Gasteiger partial charge in [0.25, 0.3) is 5.69 Å². The molecule has 0 radical (unpaired) electrons. The zero-order valence-corrected chi connectivity index (χ0v) is 14.0. The third-order valence-electron chi connectivity index (χ3n) is 3.36. The van der Waals surface area contributed by atoms with E-state index in [1.807, 2.05) is 36.5 Å². The van der Waals surface area contributed by atoms with E-state index in [1.54, 1.807) is 6.07 Å². The van der Waals surface area contributed by atoms with Crippen molar-refractivity contribution in [3.63, 3.8) is 0 Å². The van der Waals surface area contributed by atoms with Crippen LogP contribution in [0, 0.1) is 10.1 Å². The van der Waals surface area contributed by atoms with E-state index >= 15 is 0 Å². The first-order chi connectivity index (χ1) is 10.1. The Balaban J connectivity index is 2.05. The monoisotopic (exact) mass is 408 g/mol. The van der Waals surface area contributed by atoms with Crippen LogP contribution in [0.3, 0.4) is 0 Å². The number of fused-ring (bicyclic) bond motifs is 1. The molecule has 0 fully saturated rings. The van der Waals surface area contributed by atoms with Crippen LogP contribution in [0.2, 0.25) is 0 Å². The van der Waals surface area contributed by atoms with Gasteiger partial charge in [-0.25, -0.2) is 0 Å². The van der Waals surface area contributed by atoms with Gasteiger partial charge in [-0.1, -0.05) is 34.1 Å². The molecule has 3 rings (SSSR count). The van der Waals surface area contributed by atoms with E-state index in [1.165, 1.54) is 6.07 Å². The van der Waals surface area contributed by atoms with Gasteiger partial charge in [0.05, 0.1) is 4.92 Å². The normalized spacial score (nSPS) is 11.0. The van der Waals surface area contributed by atoms with Crippen molar-refractivity contribution in [2.45, 2.75) is 6.54 Å². The molecule has 4 nitrogen and oxygen atoms in total. The molecule has 21 heavy (non-hydrogen) atoms. The van der Waals surface area contributed by atoms with Crippen LogP contribution in [0.25, 0.3) is 10.9 Å². The molecule has 0 spiro atoms. The molecule has 0 unspecified atom stereocenters. The molecule has 0 saturated carbocycles. The summed E-state index contributed by atoms with van der Waals surface area (Å²) < 4.78 is 3.65. The number of nitro benzene ring substituents is 1. The van der Waals surface area contributed by atoms with E-state index in [4.69, 9.17) is 0 Å². The molecule has 1 heterocycles. The summed E-state index contributed by atoms with van der Waals surface area (Å²) in [7, 11) is 0. The van der Waals surface area contributed by atoms with Gasteiger partial charge >= 0.3 is 0 Å². The second-order valence-electron chi connectivity index (χ2n) is 4.62. The van der Waals surface area contributed by atoms with Crippen molar-refractivity contribution in [2.75, 3.05) is 0 Å². The number of nitrogens with zero attached hydrogens (tertiary/aromatic N) is 2. The molecule has 3 aromatic rings. The minimum atomic E-state index is -0.377. The predicted molar refractivity (Wildman–Crippen MR) is 89.5 cm³/mol. The first-order valence-electron chi connectivity index (χ1n) is 6.23. The van der Waals surface area contributed by atoms with Crippen LogP contribution in [0.15, 0.2) is 57.6 Å². The van der Waals surface area contributed by atoms with Crippen molar-refractivity contribution in [3.05, 3.63) is 73.3 Å². The molecular formula is C15H10Br2N2O2. The van der Waals surface area contributed by atoms with Crippen molar-refractivity contribution >= 4 is 48.5 Å². The quantitative estimate of drug-likeness (QED) is 0.445. The van der Waals surface area contributed by atoms with Gasteiger partial charge in [0.1, 0.15) is 4.47 Å². The Labute approximate surface area is 137 Å². The number of aromatic nitrogens is 1. The van der Waals surface area contributed by atoms with Gasteiger partial charge in [-0.3, -0.25) is 10.1 Å². The van der Waals surface area contributed by atoms with Crippen LogP contribution < -0.4 is 0 Å². The van der Waals surface area contributed by atoms with Gasteiger partial charge in [0, 0.05) is 34.2 Å². The lowest BCUT2D eigenvalue weighted by molar-refractivity contribution is -0.385. The zero-order valence-electron chi connectivity index (χ0n) is 10.8. The van der Waals surface area contributed by atoms with Gasteiger partial charge in [-0.05, 0) is 39.7 Å². The van der Waals surface area contributed by atoms with Crippen molar-refractivity contribution in [2.24, 2.45) is 0 Å². The Morgan fingerprint density at radius 1 is 1.10 bits per heavy atom. The Morgan fingerprint density at radius 2 is 1.86 bits per heavy atom. The highest BCUT2D eigenvalue weighted by Crippen LogP contribution is 2.30. The first kappa shape index (κ1) is 14.3. The molecular weight excluding hydrogens is 400 g/mol. The fourth-order valence-corrected chi connectivity index (χ4v) is 3.36. The zero-order chi connectivity index (χ0) is 15.0. The molecule has 6 heteroatoms. The number of hydrogen-bond donors (Lipinski definition) is 0. The summed E-state index contributed by atoms with van der Waals surface area (Å²) in [5.74, 6) is 0. The smallest absolute Gasteiger partial charge is 0.283 e. The van der Waals surface area contributed by atoms with Crippen molar-refractivity contribution in [1.29, 1.82) is 0 Å². The summed E-state index contributed by atoms with van der Waals surface area (Å²) in [6, 6.07) is 13.1. The molecule has 0 atom stereocenters. The van der Waals surface area contributed by atoms with Gasteiger partial charge < -0.3 is 4.57 Å². The number of rotatable bonds is 3. The molecule has 1 aromatic heterocycles. The minimum absolute atomic E-state index is 0.0881. The molecule has 2 aromatic carbocycles. The van der Waals surface area contributed by atoms with Crippen LogP contribution in [0.4, 0.5) is 5.69 Å². The standard InChI is InChI=1S/C15H10Br2N2O2/c16-12-4-2-5-13-11(12)7-8-18(13)9-10-3-1-6-14(15(10)17)19(20)21/h1-8H,9H2. The van der Waals surface area contributed by atoms with E-state index < -0.39 is 0 Å². The summed E-state index contributed by atoms with van der Waals surface area (Å²) in [5.41, 5.74) is 2.05. The Kier molecular flexibility index (Phi) is 3.82. The lowest BCUT2D eigenvalue weighted by Crippen LogP contribution is -2.00. The maximum absolute atomic E-state index is 11.0. The highest BCUT2D eigenvalue weighted by Gasteiger charge is 2.15. The molecule has 0 N–H and O–H groups in total. The number of hydrogen-bond acceptors (Lipinski definition) is 2. The highest BCUT2D eigenvalue weighted by molar-refractivity contribution is 9.11. The van der Waals surface area contributed by atoms with Crippen LogP contribution in [-0.4, -0.2) is 9.49 Å². The molecule has 0 saturated heterocycles. The first-order valence-corrected chi connectivity index (χ1v) is 7.81. The molecule has 0 amide bonds. The van der Waals surface area contributed by atoms with Crippen LogP contribution in [0.5, 0.6) is 0 Å². The average molecular weight is 410 g/mol. The summed E-state index contributed by atoms with van der Waals surface area (Å²) in [4.78, 5) is 10.6. The molecule has 0 aliphatic rings. The van der Waals surface area contributed by atoms with Crippen molar-refractivity contribution in [3.8, 4) is 0 Å². The van der Waals surface area contributed by atoms with Crippen LogP contribution >= 0.6 is 31.9 Å². The van der Waals surface area contributed by atoms with E-state index in [0.29, 0.717) is 11.0 Å². The fraction of sp³-hybridized carbons (Fsp3) is 0.0667. The Hall–Kier alpha value is -1.66. The molecule has 0 aliphatic heterocycles. The minimum Gasteiger partial charge on any atom is -0.343 e. The maximum Gasteiger partial charge on any atom is 0.283 e. The summed E-state index contributed by atoms with van der Waals surface area (Å²) >= 11 is 6.87. The summed E-state index contributed by atoms with van der Waals surface area (Å²) in [6.07, 6.45) is 1.99. The Morgan fingerprint density at radius 3 is 2.62 bits per heavy atom. The maximum atomic E-state index is 11.0. The molecule has 0 aliphatic carbocycles. The second kappa shape index (κ2) is 5.61. The predicted octanol–water partition coefficient (Wildman–Crippen LogP) is 5.12. The molecule has 0 bridgehead atoms. The number of benzene rings is 2. The van der Waals surface area contributed by atoms with Gasteiger partial charge in [-0.2, -0.15) is 0 Å². The van der Waals surface area contributed by atoms with Crippen molar-refractivity contribution < 1.29 is 4.92 Å². The van der Waals surface area contributed by atoms with E-state index in [2.05, 4.69) is 36.4 Å². The summed E-state index contributed by atoms with van der Waals surface area (Å²) in [5, 5.41) is 12.1. The third-order valence-corrected chi connectivity index (χ3v) is 4.96. The SMILES string of the molecule is O=[N+]([O-])c1cccc(Cn2ccc3c(Br)cccc32)c1Br. The highest BCUT2D eigenvalue weighted by atomic mass is 79.9. The van der Waals surface area contributed by atoms with E-state index in [9.17, 15) is 10.1 Å². The largest absolute Gasteiger partial charge is 0.343 e. The fourth-order valence-electron chi connectivity index (χ4n) is 2.34. The second-order valence-corrected chi connectivity index (χ2v) is 6.27. The lowest BCUT2D eigenvalue weighted by Gasteiger charge is -2.08. The number of nitro groups is 1. The van der Waals surface area contributed by atoms with Gasteiger partial charge in [0.15, 0.2) is 0 Å². The van der Waals surface area contributed by atoms with Crippen molar-refractivity contribution in [1.82, 2.24) is 4.57 Å². The van der Waals surface area contributed by atoms with E-state index in [-0.39, 0.29) is 10.6 Å². The van der Waals surface area contributed by atoms with Crippen LogP contribution in [-0.2, 0) is 6.54 Å².